The highest BCUT2D eigenvalue weighted by Crippen LogP contribution is 2.32. The van der Waals surface area contributed by atoms with Crippen LogP contribution in [-0.4, -0.2) is 51.4 Å². The van der Waals surface area contributed by atoms with Gasteiger partial charge in [-0.3, -0.25) is 14.8 Å². The average molecular weight is 359 g/mol. The Morgan fingerprint density at radius 1 is 1.48 bits per heavy atom. The normalized spacial score (nSPS) is 18.4. The van der Waals surface area contributed by atoms with Crippen molar-refractivity contribution in [2.24, 2.45) is 0 Å². The average Bonchev–Trinajstić information content (AvgIpc) is 3.28. The first kappa shape index (κ1) is 16.4. The molecule has 0 spiro atoms. The van der Waals surface area contributed by atoms with Crippen LogP contribution in [0.2, 0.25) is 0 Å². The molecule has 1 atom stereocenters. The second-order valence-corrected chi connectivity index (χ2v) is 7.52. The highest BCUT2D eigenvalue weighted by atomic mass is 32.1. The van der Waals surface area contributed by atoms with Gasteiger partial charge < -0.3 is 9.72 Å². The van der Waals surface area contributed by atoms with Crippen LogP contribution < -0.4 is 5.56 Å². The number of nitrogens with zero attached hydrogens (tertiary/aromatic N) is 3. The first-order chi connectivity index (χ1) is 12.2. The second-order valence-electron chi connectivity index (χ2n) is 6.47. The van der Waals surface area contributed by atoms with Crippen molar-refractivity contribution in [3.63, 3.8) is 0 Å². The summed E-state index contributed by atoms with van der Waals surface area (Å²) in [5.41, 5.74) is 2.69. The molecule has 1 aliphatic heterocycles. The van der Waals surface area contributed by atoms with Crippen molar-refractivity contribution in [2.75, 3.05) is 20.3 Å². The Morgan fingerprint density at radius 3 is 3.12 bits per heavy atom. The van der Waals surface area contributed by atoms with E-state index >= 15 is 0 Å². The lowest BCUT2D eigenvalue weighted by Gasteiger charge is -2.22. The van der Waals surface area contributed by atoms with Crippen LogP contribution in [0.5, 0.6) is 0 Å². The molecule has 3 aromatic heterocycles. The molecule has 4 rings (SSSR count). The van der Waals surface area contributed by atoms with Gasteiger partial charge in [-0.1, -0.05) is 0 Å². The fraction of sp³-hybridized carbons (Fsp3) is 0.471. The Kier molecular flexibility index (Phi) is 4.41. The highest BCUT2D eigenvalue weighted by Gasteiger charge is 2.25. The molecule has 1 aliphatic rings. The summed E-state index contributed by atoms with van der Waals surface area (Å²) in [6.07, 6.45) is 4.07. The summed E-state index contributed by atoms with van der Waals surface area (Å²) >= 11 is 1.46. The molecule has 7 nitrogen and oxygen atoms in total. The Balaban J connectivity index is 1.65. The number of ether oxygens (including phenoxy) is 1. The van der Waals surface area contributed by atoms with Gasteiger partial charge >= 0.3 is 0 Å². The van der Waals surface area contributed by atoms with Gasteiger partial charge in [-0.15, -0.1) is 11.3 Å². The third kappa shape index (κ3) is 3.12. The molecule has 25 heavy (non-hydrogen) atoms. The summed E-state index contributed by atoms with van der Waals surface area (Å²) in [7, 11) is 1.73. The second kappa shape index (κ2) is 6.70. The van der Waals surface area contributed by atoms with Crippen molar-refractivity contribution in [3.05, 3.63) is 34.1 Å². The van der Waals surface area contributed by atoms with Crippen LogP contribution in [0.4, 0.5) is 0 Å². The zero-order valence-electron chi connectivity index (χ0n) is 14.3. The molecule has 0 saturated carbocycles. The van der Waals surface area contributed by atoms with Gasteiger partial charge in [0.15, 0.2) is 0 Å². The Morgan fingerprint density at radius 2 is 2.36 bits per heavy atom. The number of H-pyrrole nitrogens is 2. The largest absolute Gasteiger partial charge is 0.383 e. The molecule has 0 unspecified atom stereocenters. The first-order valence-corrected chi connectivity index (χ1v) is 9.23. The number of rotatable bonds is 5. The zero-order valence-corrected chi connectivity index (χ0v) is 15.2. The molecule has 0 amide bonds. The van der Waals surface area contributed by atoms with Crippen LogP contribution >= 0.6 is 11.3 Å². The van der Waals surface area contributed by atoms with Gasteiger partial charge in [0.25, 0.3) is 5.56 Å². The van der Waals surface area contributed by atoms with Crippen LogP contribution in [0.15, 0.2) is 17.1 Å². The van der Waals surface area contributed by atoms with Gasteiger partial charge in [0.2, 0.25) is 0 Å². The number of likely N-dealkylation sites (tertiary alicyclic amines) is 1. The molecule has 0 aliphatic carbocycles. The maximum atomic E-state index is 12.5. The summed E-state index contributed by atoms with van der Waals surface area (Å²) < 4.78 is 5.96. The third-order valence-corrected chi connectivity index (χ3v) is 5.89. The number of nitrogens with one attached hydrogen (secondary N) is 2. The quantitative estimate of drug-likeness (QED) is 0.730. The van der Waals surface area contributed by atoms with E-state index in [4.69, 9.17) is 9.72 Å². The van der Waals surface area contributed by atoms with Gasteiger partial charge in [0.05, 0.1) is 24.9 Å². The smallest absolute Gasteiger partial charge is 0.268 e. The van der Waals surface area contributed by atoms with Gasteiger partial charge in [-0.05, 0) is 32.4 Å². The molecule has 8 heteroatoms. The summed E-state index contributed by atoms with van der Waals surface area (Å²) in [4.78, 5) is 23.5. The molecular weight excluding hydrogens is 338 g/mol. The van der Waals surface area contributed by atoms with E-state index < -0.39 is 0 Å². The standard InChI is InChI=1S/C17H21N5O2S/c1-10-12(7-18-21-10)14-6-13-16(25-14)17(23)20-15(19-13)8-22-5-3-4-11(22)9-24-2/h6-7,11H,3-5,8-9H2,1-2H3,(H,18,21)(H,19,20,23)/t11-/m1/s1. The summed E-state index contributed by atoms with van der Waals surface area (Å²) in [6, 6.07) is 2.38. The van der Waals surface area contributed by atoms with Gasteiger partial charge in [0, 0.05) is 29.3 Å². The van der Waals surface area contributed by atoms with Gasteiger partial charge in [-0.25, -0.2) is 4.98 Å². The first-order valence-electron chi connectivity index (χ1n) is 8.42. The molecule has 4 heterocycles. The molecule has 132 valence electrons. The lowest BCUT2D eigenvalue weighted by Crippen LogP contribution is -2.33. The molecule has 1 saturated heterocycles. The van der Waals surface area contributed by atoms with Gasteiger partial charge in [0.1, 0.15) is 10.5 Å². The predicted molar refractivity (Wildman–Crippen MR) is 97.9 cm³/mol. The monoisotopic (exact) mass is 359 g/mol. The van der Waals surface area contributed by atoms with E-state index in [0.29, 0.717) is 23.1 Å². The molecule has 0 bridgehead atoms. The van der Waals surface area contributed by atoms with E-state index in [1.807, 2.05) is 13.0 Å². The van der Waals surface area contributed by atoms with Crippen molar-refractivity contribution >= 4 is 21.6 Å². The number of aromatic nitrogens is 4. The summed E-state index contributed by atoms with van der Waals surface area (Å²) in [5, 5.41) is 6.99. The number of hydrogen-bond donors (Lipinski definition) is 2. The Labute approximate surface area is 149 Å². The number of hydrogen-bond acceptors (Lipinski definition) is 6. The predicted octanol–water partition coefficient (Wildman–Crippen LogP) is 2.29. The fourth-order valence-electron chi connectivity index (χ4n) is 3.47. The van der Waals surface area contributed by atoms with Crippen molar-refractivity contribution in [2.45, 2.75) is 32.4 Å². The Hall–Kier alpha value is -2.03. The zero-order chi connectivity index (χ0) is 17.4. The lowest BCUT2D eigenvalue weighted by molar-refractivity contribution is 0.110. The van der Waals surface area contributed by atoms with Crippen LogP contribution in [0.3, 0.4) is 0 Å². The number of thiophene rings is 1. The molecule has 1 fully saturated rings. The minimum absolute atomic E-state index is 0.0695. The van der Waals surface area contributed by atoms with E-state index in [2.05, 4.69) is 20.1 Å². The Bertz CT molecular complexity index is 944. The number of fused-ring (bicyclic) bond motifs is 1. The summed E-state index contributed by atoms with van der Waals surface area (Å²) in [6.45, 7) is 4.35. The minimum Gasteiger partial charge on any atom is -0.383 e. The topological polar surface area (TPSA) is 86.9 Å². The van der Waals surface area contributed by atoms with Crippen molar-refractivity contribution in [1.82, 2.24) is 25.1 Å². The maximum Gasteiger partial charge on any atom is 0.268 e. The van der Waals surface area contributed by atoms with E-state index in [0.717, 1.165) is 47.6 Å². The van der Waals surface area contributed by atoms with Crippen LogP contribution in [0, 0.1) is 6.92 Å². The fourth-order valence-corrected chi connectivity index (χ4v) is 4.53. The van der Waals surface area contributed by atoms with E-state index in [9.17, 15) is 4.79 Å². The van der Waals surface area contributed by atoms with Crippen LogP contribution in [-0.2, 0) is 11.3 Å². The van der Waals surface area contributed by atoms with Gasteiger partial charge in [-0.2, -0.15) is 5.10 Å². The highest BCUT2D eigenvalue weighted by molar-refractivity contribution is 7.22. The number of aryl methyl sites for hydroxylation is 1. The van der Waals surface area contributed by atoms with E-state index in [1.165, 1.54) is 11.3 Å². The molecular formula is C17H21N5O2S. The third-order valence-electron chi connectivity index (χ3n) is 4.74. The van der Waals surface area contributed by atoms with Crippen molar-refractivity contribution in [1.29, 1.82) is 0 Å². The number of methoxy groups -OCH3 is 1. The summed E-state index contributed by atoms with van der Waals surface area (Å²) in [5.74, 6) is 0.716. The van der Waals surface area contributed by atoms with E-state index in [1.54, 1.807) is 13.3 Å². The van der Waals surface area contributed by atoms with E-state index in [-0.39, 0.29) is 5.56 Å². The molecule has 3 aromatic rings. The lowest BCUT2D eigenvalue weighted by atomic mass is 10.2. The van der Waals surface area contributed by atoms with Crippen molar-refractivity contribution < 1.29 is 4.74 Å². The molecule has 0 aromatic carbocycles. The minimum atomic E-state index is -0.0695. The number of aromatic amines is 2. The molecule has 0 radical (unpaired) electrons. The maximum absolute atomic E-state index is 12.5. The van der Waals surface area contributed by atoms with Crippen molar-refractivity contribution in [3.8, 4) is 10.4 Å². The SMILES string of the molecule is COC[C@H]1CCCN1Cc1nc2cc(-c3cn[nH]c3C)sc2c(=O)[nH]1. The van der Waals surface area contributed by atoms with Crippen LogP contribution in [0.1, 0.15) is 24.4 Å². The van der Waals surface area contributed by atoms with Crippen LogP contribution in [0.25, 0.3) is 20.7 Å². The molecule has 2 N–H and O–H groups in total.